The van der Waals surface area contributed by atoms with Gasteiger partial charge in [0.2, 0.25) is 5.91 Å². The van der Waals surface area contributed by atoms with Crippen LogP contribution >= 0.6 is 35.0 Å². The molecule has 7 nitrogen and oxygen atoms in total. The number of carbonyl (C=O) groups is 1. The number of hydrogen-bond donors (Lipinski definition) is 1. The largest absolute Gasteiger partial charge is 0.379 e. The van der Waals surface area contributed by atoms with Crippen molar-refractivity contribution in [2.75, 3.05) is 37.4 Å². The molecule has 1 aromatic heterocycles. The Kier molecular flexibility index (Phi) is 7.70. The summed E-state index contributed by atoms with van der Waals surface area (Å²) in [6.07, 6.45) is 0. The van der Waals surface area contributed by atoms with Crippen LogP contribution in [0.5, 0.6) is 0 Å². The SMILES string of the molecule is Cc1c(Cl)cccc1NC(=O)CSc1nnc(CN2CCOCC2)n1-c1ccc(Cl)cc1. The molecule has 0 spiro atoms. The van der Waals surface area contributed by atoms with Crippen LogP contribution in [-0.2, 0) is 16.1 Å². The van der Waals surface area contributed by atoms with Crippen LogP contribution in [-0.4, -0.2) is 57.6 Å². The summed E-state index contributed by atoms with van der Waals surface area (Å²) >= 11 is 13.6. The van der Waals surface area contributed by atoms with Crippen LogP contribution in [0.25, 0.3) is 5.69 Å². The number of ether oxygens (including phenoxy) is 1. The summed E-state index contributed by atoms with van der Waals surface area (Å²) in [6, 6.07) is 13.0. The first-order valence-electron chi connectivity index (χ1n) is 10.2. The van der Waals surface area contributed by atoms with E-state index >= 15 is 0 Å². The van der Waals surface area contributed by atoms with Crippen molar-refractivity contribution in [3.05, 3.63) is 63.9 Å². The minimum atomic E-state index is -0.138. The summed E-state index contributed by atoms with van der Waals surface area (Å²) in [6.45, 7) is 5.63. The second-order valence-corrected chi connectivity index (χ2v) is 9.13. The van der Waals surface area contributed by atoms with E-state index in [1.54, 1.807) is 6.07 Å². The molecule has 32 heavy (non-hydrogen) atoms. The highest BCUT2D eigenvalue weighted by Gasteiger charge is 2.20. The Morgan fingerprint density at radius 3 is 2.62 bits per heavy atom. The molecule has 0 saturated carbocycles. The third-order valence-corrected chi connectivity index (χ3v) is 6.72. The third kappa shape index (κ3) is 5.63. The first kappa shape index (κ1) is 23.1. The average molecular weight is 492 g/mol. The molecular formula is C22H23Cl2N5O2S. The fourth-order valence-electron chi connectivity index (χ4n) is 3.36. The van der Waals surface area contributed by atoms with E-state index < -0.39 is 0 Å². The van der Waals surface area contributed by atoms with Crippen molar-refractivity contribution in [1.82, 2.24) is 19.7 Å². The number of hydrogen-bond acceptors (Lipinski definition) is 6. The highest BCUT2D eigenvalue weighted by atomic mass is 35.5. The summed E-state index contributed by atoms with van der Waals surface area (Å²) in [5.41, 5.74) is 2.44. The van der Waals surface area contributed by atoms with E-state index in [1.165, 1.54) is 11.8 Å². The van der Waals surface area contributed by atoms with E-state index in [0.717, 1.165) is 30.2 Å². The van der Waals surface area contributed by atoms with Gasteiger partial charge in [-0.15, -0.1) is 10.2 Å². The molecule has 1 fully saturated rings. The second-order valence-electron chi connectivity index (χ2n) is 7.35. The minimum absolute atomic E-state index is 0.138. The Bertz CT molecular complexity index is 1080. The van der Waals surface area contributed by atoms with E-state index in [0.29, 0.717) is 40.6 Å². The summed E-state index contributed by atoms with van der Waals surface area (Å²) in [5.74, 6) is 0.860. The van der Waals surface area contributed by atoms with Gasteiger partial charge in [-0.25, -0.2) is 0 Å². The number of benzene rings is 2. The maximum atomic E-state index is 12.6. The molecule has 0 aliphatic carbocycles. The van der Waals surface area contributed by atoms with Gasteiger partial charge in [-0.2, -0.15) is 0 Å². The van der Waals surface area contributed by atoms with Crippen molar-refractivity contribution in [3.63, 3.8) is 0 Å². The molecule has 1 aliphatic rings. The number of rotatable bonds is 7. The zero-order valence-electron chi connectivity index (χ0n) is 17.6. The molecule has 168 valence electrons. The molecule has 0 atom stereocenters. The van der Waals surface area contributed by atoms with Gasteiger partial charge in [0.1, 0.15) is 0 Å². The van der Waals surface area contributed by atoms with Crippen LogP contribution in [0, 0.1) is 6.92 Å². The van der Waals surface area contributed by atoms with Crippen LogP contribution in [0.3, 0.4) is 0 Å². The third-order valence-electron chi connectivity index (χ3n) is 5.13. The van der Waals surface area contributed by atoms with Crippen LogP contribution in [0.15, 0.2) is 47.6 Å². The topological polar surface area (TPSA) is 72.3 Å². The summed E-state index contributed by atoms with van der Waals surface area (Å²) < 4.78 is 7.42. The second kappa shape index (κ2) is 10.7. The summed E-state index contributed by atoms with van der Waals surface area (Å²) in [4.78, 5) is 14.9. The fourth-order valence-corrected chi connectivity index (χ4v) is 4.44. The number of carbonyl (C=O) groups excluding carboxylic acids is 1. The number of nitrogens with one attached hydrogen (secondary N) is 1. The van der Waals surface area contributed by atoms with E-state index in [1.807, 2.05) is 47.9 Å². The maximum absolute atomic E-state index is 12.6. The molecule has 4 rings (SSSR count). The number of morpholine rings is 1. The number of thioether (sulfide) groups is 1. The van der Waals surface area contributed by atoms with Gasteiger partial charge in [0, 0.05) is 34.5 Å². The van der Waals surface area contributed by atoms with Crippen LogP contribution < -0.4 is 5.32 Å². The molecule has 1 N–H and O–H groups in total. The lowest BCUT2D eigenvalue weighted by Crippen LogP contribution is -2.36. The Morgan fingerprint density at radius 1 is 1.12 bits per heavy atom. The predicted octanol–water partition coefficient (Wildman–Crippen LogP) is 4.45. The van der Waals surface area contributed by atoms with Crippen molar-refractivity contribution >= 4 is 46.6 Å². The Hall–Kier alpha value is -2.10. The normalized spacial score (nSPS) is 14.5. The van der Waals surface area contributed by atoms with Crippen molar-refractivity contribution in [3.8, 4) is 5.69 Å². The first-order chi connectivity index (χ1) is 15.5. The van der Waals surface area contributed by atoms with Gasteiger partial charge in [0.05, 0.1) is 25.5 Å². The smallest absolute Gasteiger partial charge is 0.234 e. The molecular weight excluding hydrogens is 469 g/mol. The van der Waals surface area contributed by atoms with Crippen LogP contribution in [0.1, 0.15) is 11.4 Å². The number of amides is 1. The van der Waals surface area contributed by atoms with E-state index in [4.69, 9.17) is 27.9 Å². The zero-order chi connectivity index (χ0) is 22.5. The maximum Gasteiger partial charge on any atom is 0.234 e. The van der Waals surface area contributed by atoms with E-state index in [9.17, 15) is 4.79 Å². The number of halogens is 2. The molecule has 1 saturated heterocycles. The zero-order valence-corrected chi connectivity index (χ0v) is 19.9. The molecule has 0 bridgehead atoms. The molecule has 2 heterocycles. The van der Waals surface area contributed by atoms with Gasteiger partial charge in [-0.1, -0.05) is 41.0 Å². The highest BCUT2D eigenvalue weighted by molar-refractivity contribution is 7.99. The Labute approximate surface area is 201 Å². The quantitative estimate of drug-likeness (QED) is 0.492. The summed E-state index contributed by atoms with van der Waals surface area (Å²) in [5, 5.41) is 13.6. The van der Waals surface area contributed by atoms with Crippen LogP contribution in [0.2, 0.25) is 10.0 Å². The Balaban J connectivity index is 1.51. The summed E-state index contributed by atoms with van der Waals surface area (Å²) in [7, 11) is 0. The lowest BCUT2D eigenvalue weighted by atomic mass is 10.2. The molecule has 1 amide bonds. The predicted molar refractivity (Wildman–Crippen MR) is 128 cm³/mol. The molecule has 0 unspecified atom stereocenters. The van der Waals surface area contributed by atoms with Gasteiger partial charge < -0.3 is 10.1 Å². The standard InChI is InChI=1S/C22H23Cl2N5O2S/c1-15-18(24)3-2-4-19(15)25-21(30)14-32-22-27-26-20(13-28-9-11-31-12-10-28)29(22)17-7-5-16(23)6-8-17/h2-8H,9-14H2,1H3,(H,25,30). The van der Waals surface area contributed by atoms with Crippen molar-refractivity contribution in [2.45, 2.75) is 18.6 Å². The van der Waals surface area contributed by atoms with Gasteiger partial charge in [-0.3, -0.25) is 14.3 Å². The fraction of sp³-hybridized carbons (Fsp3) is 0.318. The van der Waals surface area contributed by atoms with Gasteiger partial charge >= 0.3 is 0 Å². The van der Waals surface area contributed by atoms with Crippen molar-refractivity contribution in [2.24, 2.45) is 0 Å². The molecule has 0 radical (unpaired) electrons. The van der Waals surface area contributed by atoms with Gasteiger partial charge in [0.15, 0.2) is 11.0 Å². The lowest BCUT2D eigenvalue weighted by Gasteiger charge is -2.26. The average Bonchev–Trinajstić information content (AvgIpc) is 3.19. The molecule has 2 aromatic carbocycles. The first-order valence-corrected chi connectivity index (χ1v) is 11.9. The van der Waals surface area contributed by atoms with Gasteiger partial charge in [0.25, 0.3) is 0 Å². The monoisotopic (exact) mass is 491 g/mol. The van der Waals surface area contributed by atoms with Crippen molar-refractivity contribution < 1.29 is 9.53 Å². The van der Waals surface area contributed by atoms with Crippen molar-refractivity contribution in [1.29, 1.82) is 0 Å². The van der Waals surface area contributed by atoms with Crippen LogP contribution in [0.4, 0.5) is 5.69 Å². The van der Waals surface area contributed by atoms with E-state index in [2.05, 4.69) is 20.4 Å². The molecule has 1 aliphatic heterocycles. The lowest BCUT2D eigenvalue weighted by molar-refractivity contribution is -0.113. The van der Waals surface area contributed by atoms with E-state index in [-0.39, 0.29) is 11.7 Å². The minimum Gasteiger partial charge on any atom is -0.379 e. The number of nitrogens with zero attached hydrogens (tertiary/aromatic N) is 4. The number of aromatic nitrogens is 3. The van der Waals surface area contributed by atoms with Gasteiger partial charge in [-0.05, 0) is 48.9 Å². The molecule has 3 aromatic rings. The number of anilines is 1. The Morgan fingerprint density at radius 2 is 1.88 bits per heavy atom. The molecule has 10 heteroatoms. The highest BCUT2D eigenvalue weighted by Crippen LogP contribution is 2.26.